The molecule has 3 rings (SSSR count). The number of carbonyl (C=O) groups excluding carboxylic acids is 2. The monoisotopic (exact) mass is 485 g/mol. The van der Waals surface area contributed by atoms with Crippen molar-refractivity contribution in [2.24, 2.45) is 5.10 Å². The molecule has 0 unspecified atom stereocenters. The van der Waals surface area contributed by atoms with Crippen molar-refractivity contribution in [3.8, 4) is 5.75 Å². The van der Waals surface area contributed by atoms with Gasteiger partial charge in [0.05, 0.1) is 16.9 Å². The summed E-state index contributed by atoms with van der Waals surface area (Å²) >= 11 is 9.43. The predicted octanol–water partition coefficient (Wildman–Crippen LogP) is 4.88. The lowest BCUT2D eigenvalue weighted by atomic mass is 10.2. The minimum atomic E-state index is -0.355. The summed E-state index contributed by atoms with van der Waals surface area (Å²) in [6.07, 6.45) is 1.45. The molecule has 0 aromatic heterocycles. The van der Waals surface area contributed by atoms with Crippen LogP contribution in [0.3, 0.4) is 0 Å². The number of halogens is 2. The van der Waals surface area contributed by atoms with Gasteiger partial charge in [0.15, 0.2) is 6.61 Å². The molecule has 0 aliphatic heterocycles. The Morgan fingerprint density at radius 3 is 2.53 bits per heavy atom. The maximum Gasteiger partial charge on any atom is 0.271 e. The second kappa shape index (κ2) is 10.6. The SMILES string of the molecule is O=C(COc1ccc(Br)cc1/C=N/NC(=O)c1ccccc1)Nc1ccccc1Cl. The zero-order chi connectivity index (χ0) is 21.3. The summed E-state index contributed by atoms with van der Waals surface area (Å²) in [5.41, 5.74) is 4.06. The highest BCUT2D eigenvalue weighted by atomic mass is 79.9. The van der Waals surface area contributed by atoms with E-state index in [0.717, 1.165) is 4.47 Å². The number of para-hydroxylation sites is 1. The van der Waals surface area contributed by atoms with Crippen LogP contribution in [0.25, 0.3) is 0 Å². The minimum absolute atomic E-state index is 0.218. The number of nitrogens with one attached hydrogen (secondary N) is 2. The van der Waals surface area contributed by atoms with Crippen LogP contribution in [0, 0.1) is 0 Å². The Hall–Kier alpha value is -3.16. The maximum absolute atomic E-state index is 12.2. The van der Waals surface area contributed by atoms with Crippen LogP contribution in [-0.2, 0) is 4.79 Å². The molecule has 0 bridgehead atoms. The summed E-state index contributed by atoms with van der Waals surface area (Å²) in [5.74, 6) is -0.250. The number of hydrogen-bond acceptors (Lipinski definition) is 4. The van der Waals surface area contributed by atoms with Crippen molar-refractivity contribution in [1.82, 2.24) is 5.43 Å². The molecule has 30 heavy (non-hydrogen) atoms. The van der Waals surface area contributed by atoms with Crippen LogP contribution in [0.1, 0.15) is 15.9 Å². The van der Waals surface area contributed by atoms with Gasteiger partial charge in [-0.05, 0) is 42.5 Å². The largest absolute Gasteiger partial charge is 0.483 e. The van der Waals surface area contributed by atoms with E-state index < -0.39 is 0 Å². The van der Waals surface area contributed by atoms with Crippen LogP contribution in [-0.4, -0.2) is 24.6 Å². The van der Waals surface area contributed by atoms with E-state index in [9.17, 15) is 9.59 Å². The fraction of sp³-hybridized carbons (Fsp3) is 0.0455. The lowest BCUT2D eigenvalue weighted by molar-refractivity contribution is -0.118. The Morgan fingerprint density at radius 1 is 1.03 bits per heavy atom. The van der Waals surface area contributed by atoms with Crippen LogP contribution < -0.4 is 15.5 Å². The van der Waals surface area contributed by atoms with Crippen LogP contribution in [0.5, 0.6) is 5.75 Å². The van der Waals surface area contributed by atoms with Gasteiger partial charge in [-0.2, -0.15) is 5.10 Å². The fourth-order valence-electron chi connectivity index (χ4n) is 2.46. The highest BCUT2D eigenvalue weighted by molar-refractivity contribution is 9.10. The van der Waals surface area contributed by atoms with Crippen molar-refractivity contribution in [3.05, 3.63) is 93.4 Å². The molecule has 0 spiro atoms. The first-order valence-electron chi connectivity index (χ1n) is 8.88. The van der Waals surface area contributed by atoms with E-state index in [-0.39, 0.29) is 18.4 Å². The second-order valence-corrected chi connectivity index (χ2v) is 7.39. The van der Waals surface area contributed by atoms with E-state index in [4.69, 9.17) is 16.3 Å². The third-order valence-electron chi connectivity index (χ3n) is 3.88. The maximum atomic E-state index is 12.2. The van der Waals surface area contributed by atoms with Gasteiger partial charge >= 0.3 is 0 Å². The predicted molar refractivity (Wildman–Crippen MR) is 121 cm³/mol. The smallest absolute Gasteiger partial charge is 0.271 e. The highest BCUT2D eigenvalue weighted by Crippen LogP contribution is 2.23. The van der Waals surface area contributed by atoms with E-state index in [0.29, 0.717) is 27.6 Å². The van der Waals surface area contributed by atoms with Crippen molar-refractivity contribution < 1.29 is 14.3 Å². The first-order valence-corrected chi connectivity index (χ1v) is 10.1. The summed E-state index contributed by atoms with van der Waals surface area (Å²) in [5, 5.41) is 7.12. The van der Waals surface area contributed by atoms with Crippen molar-refractivity contribution in [1.29, 1.82) is 0 Å². The molecule has 8 heteroatoms. The normalized spacial score (nSPS) is 10.6. The van der Waals surface area contributed by atoms with Crippen molar-refractivity contribution in [2.45, 2.75) is 0 Å². The van der Waals surface area contributed by atoms with Crippen LogP contribution in [0.2, 0.25) is 5.02 Å². The van der Waals surface area contributed by atoms with Crippen molar-refractivity contribution in [3.63, 3.8) is 0 Å². The number of hydrogen-bond donors (Lipinski definition) is 2. The Kier molecular flexibility index (Phi) is 7.59. The average molecular weight is 487 g/mol. The number of carbonyl (C=O) groups is 2. The van der Waals surface area contributed by atoms with Crippen molar-refractivity contribution >= 4 is 51.2 Å². The van der Waals surface area contributed by atoms with Crippen LogP contribution in [0.15, 0.2) is 82.4 Å². The van der Waals surface area contributed by atoms with Gasteiger partial charge < -0.3 is 10.1 Å². The standard InChI is InChI=1S/C22H17BrClN3O3/c23-17-10-11-20(30-14-21(28)26-19-9-5-4-8-18(19)24)16(12-17)13-25-27-22(29)15-6-2-1-3-7-15/h1-13H,14H2,(H,26,28)(H,27,29)/b25-13+. The fourth-order valence-corrected chi connectivity index (χ4v) is 3.02. The van der Waals surface area contributed by atoms with Gasteiger partial charge in [0.25, 0.3) is 11.8 Å². The third-order valence-corrected chi connectivity index (χ3v) is 4.71. The molecular formula is C22H17BrClN3O3. The first-order chi connectivity index (χ1) is 14.5. The second-order valence-electron chi connectivity index (χ2n) is 6.06. The van der Waals surface area contributed by atoms with E-state index in [1.165, 1.54) is 6.21 Å². The van der Waals surface area contributed by atoms with E-state index in [1.54, 1.807) is 66.7 Å². The van der Waals surface area contributed by atoms with Crippen molar-refractivity contribution in [2.75, 3.05) is 11.9 Å². The molecule has 0 aliphatic rings. The molecular weight excluding hydrogens is 470 g/mol. The zero-order valence-corrected chi connectivity index (χ0v) is 18.0. The van der Waals surface area contributed by atoms with Gasteiger partial charge in [-0.1, -0.05) is 57.9 Å². The average Bonchev–Trinajstić information content (AvgIpc) is 2.75. The first kappa shape index (κ1) is 21.5. The number of benzene rings is 3. The van der Waals surface area contributed by atoms with Gasteiger partial charge in [0.1, 0.15) is 5.75 Å². The highest BCUT2D eigenvalue weighted by Gasteiger charge is 2.09. The molecule has 3 aromatic carbocycles. The van der Waals surface area contributed by atoms with Gasteiger partial charge in [-0.25, -0.2) is 5.43 Å². The molecule has 0 fully saturated rings. The Labute approximate surface area is 187 Å². The number of anilines is 1. The van der Waals surface area contributed by atoms with Gasteiger partial charge in [-0.15, -0.1) is 0 Å². The molecule has 2 N–H and O–H groups in total. The molecule has 2 amide bonds. The van der Waals surface area contributed by atoms with E-state index in [1.807, 2.05) is 6.07 Å². The third kappa shape index (κ3) is 6.17. The molecule has 0 saturated carbocycles. The minimum Gasteiger partial charge on any atom is -0.483 e. The number of hydrazone groups is 1. The zero-order valence-electron chi connectivity index (χ0n) is 15.6. The molecule has 3 aromatic rings. The molecule has 0 heterocycles. The Bertz CT molecular complexity index is 1070. The number of rotatable bonds is 7. The molecule has 0 atom stereocenters. The molecule has 0 aliphatic carbocycles. The Morgan fingerprint density at radius 2 is 1.77 bits per heavy atom. The lowest BCUT2D eigenvalue weighted by Crippen LogP contribution is -2.21. The lowest BCUT2D eigenvalue weighted by Gasteiger charge is -2.11. The van der Waals surface area contributed by atoms with E-state index in [2.05, 4.69) is 31.8 Å². The van der Waals surface area contributed by atoms with E-state index >= 15 is 0 Å². The summed E-state index contributed by atoms with van der Waals surface area (Å²) in [7, 11) is 0. The summed E-state index contributed by atoms with van der Waals surface area (Å²) in [6, 6.07) is 20.9. The molecule has 6 nitrogen and oxygen atoms in total. The quantitative estimate of drug-likeness (QED) is 0.369. The number of nitrogens with zero attached hydrogens (tertiary/aromatic N) is 1. The number of ether oxygens (including phenoxy) is 1. The molecule has 0 radical (unpaired) electrons. The summed E-state index contributed by atoms with van der Waals surface area (Å²) < 4.78 is 6.43. The van der Waals surface area contributed by atoms with Gasteiger partial charge in [0.2, 0.25) is 0 Å². The molecule has 0 saturated heterocycles. The van der Waals surface area contributed by atoms with Crippen LogP contribution in [0.4, 0.5) is 5.69 Å². The van der Waals surface area contributed by atoms with Gasteiger partial charge in [0, 0.05) is 15.6 Å². The Balaban J connectivity index is 1.62. The van der Waals surface area contributed by atoms with Crippen LogP contribution >= 0.6 is 27.5 Å². The topological polar surface area (TPSA) is 79.8 Å². The molecule has 152 valence electrons. The van der Waals surface area contributed by atoms with Gasteiger partial charge in [-0.3, -0.25) is 9.59 Å². The summed E-state index contributed by atoms with van der Waals surface area (Å²) in [6.45, 7) is -0.218. The number of amides is 2. The summed E-state index contributed by atoms with van der Waals surface area (Å²) in [4.78, 5) is 24.3.